The zero-order valence-corrected chi connectivity index (χ0v) is 17.1. The van der Waals surface area contributed by atoms with Gasteiger partial charge in [0, 0.05) is 0 Å². The quantitative estimate of drug-likeness (QED) is 0.493. The van der Waals surface area contributed by atoms with Crippen LogP contribution in [-0.2, 0) is 0 Å². The molecule has 4 aromatic rings. The third-order valence-electron chi connectivity index (χ3n) is 4.65. The molecule has 1 atom stereocenters. The second-order valence-electron chi connectivity index (χ2n) is 6.86. The minimum absolute atomic E-state index is 0.197. The van der Waals surface area contributed by atoms with Crippen LogP contribution in [0.2, 0.25) is 0 Å². The fourth-order valence-corrected chi connectivity index (χ4v) is 4.08. The lowest BCUT2D eigenvalue weighted by molar-refractivity contribution is 0.0852. The highest BCUT2D eigenvalue weighted by molar-refractivity contribution is 7.15. The molecule has 0 bridgehead atoms. The predicted octanol–water partition coefficient (Wildman–Crippen LogP) is 3.00. The van der Waals surface area contributed by atoms with E-state index in [1.807, 2.05) is 54.6 Å². The van der Waals surface area contributed by atoms with Gasteiger partial charge in [0.15, 0.2) is 23.4 Å². The van der Waals surface area contributed by atoms with Crippen LogP contribution in [0.5, 0.6) is 17.2 Å². The first kappa shape index (κ1) is 18.6. The van der Waals surface area contributed by atoms with Gasteiger partial charge in [-0.05, 0) is 42.3 Å². The minimum Gasteiger partial charge on any atom is -0.494 e. The molecule has 7 nitrogen and oxygen atoms in total. The Kier molecular flexibility index (Phi) is 4.84. The van der Waals surface area contributed by atoms with Crippen LogP contribution in [0, 0.1) is 0 Å². The number of benzene rings is 2. The molecule has 0 amide bonds. The predicted molar refractivity (Wildman–Crippen MR) is 113 cm³/mol. The van der Waals surface area contributed by atoms with Crippen LogP contribution in [0.1, 0.15) is 30.8 Å². The van der Waals surface area contributed by atoms with E-state index in [0.29, 0.717) is 40.0 Å². The summed E-state index contributed by atoms with van der Waals surface area (Å²) in [5.74, 6) is 2.61. The lowest BCUT2D eigenvalue weighted by atomic mass is 10.2. The van der Waals surface area contributed by atoms with Gasteiger partial charge in [-0.1, -0.05) is 42.5 Å². The van der Waals surface area contributed by atoms with E-state index in [4.69, 9.17) is 14.2 Å². The molecule has 0 saturated carbocycles. The Morgan fingerprint density at radius 1 is 1.20 bits per heavy atom. The van der Waals surface area contributed by atoms with Gasteiger partial charge in [0.05, 0.1) is 11.1 Å². The molecule has 0 unspecified atom stereocenters. The van der Waals surface area contributed by atoms with Crippen LogP contribution < -0.4 is 24.3 Å². The Labute approximate surface area is 176 Å². The first-order valence-corrected chi connectivity index (χ1v) is 10.6. The summed E-state index contributed by atoms with van der Waals surface area (Å²) in [6.07, 6.45) is 2.35. The Morgan fingerprint density at radius 2 is 2.00 bits per heavy atom. The van der Waals surface area contributed by atoms with Gasteiger partial charge in [-0.15, -0.1) is 5.10 Å². The topological polar surface area (TPSA) is 74.9 Å². The maximum Gasteiger partial charge on any atom is 0.291 e. The maximum atomic E-state index is 12.8. The number of hydrogen-bond donors (Lipinski definition) is 0. The zero-order chi connectivity index (χ0) is 20.5. The van der Waals surface area contributed by atoms with Gasteiger partial charge in [0.2, 0.25) is 4.96 Å². The van der Waals surface area contributed by atoms with Crippen LogP contribution in [-0.4, -0.2) is 27.8 Å². The molecule has 0 spiro atoms. The van der Waals surface area contributed by atoms with Gasteiger partial charge in [0.1, 0.15) is 12.4 Å². The van der Waals surface area contributed by atoms with E-state index in [0.717, 1.165) is 17.7 Å². The summed E-state index contributed by atoms with van der Waals surface area (Å²) in [5.41, 5.74) is 0.721. The second kappa shape index (κ2) is 7.79. The molecule has 2 aromatic carbocycles. The molecule has 30 heavy (non-hydrogen) atoms. The molecule has 5 rings (SSSR count). The van der Waals surface area contributed by atoms with Crippen LogP contribution in [0.3, 0.4) is 0 Å². The van der Waals surface area contributed by atoms with E-state index in [9.17, 15) is 4.79 Å². The molecule has 152 valence electrons. The lowest BCUT2D eigenvalue weighted by Gasteiger charge is -2.24. The van der Waals surface area contributed by atoms with Gasteiger partial charge in [0.25, 0.3) is 5.56 Å². The molecule has 0 radical (unpaired) electrons. The average Bonchev–Trinajstić information content (AvgIpc) is 3.32. The van der Waals surface area contributed by atoms with Crippen molar-refractivity contribution < 1.29 is 14.2 Å². The summed E-state index contributed by atoms with van der Waals surface area (Å²) in [6, 6.07) is 15.1. The SMILES string of the molecule is CCCOc1ccc(/C=c2\sc3nc([C@H]4COc5ccccc5O4)nn3c2=O)cc1. The largest absolute Gasteiger partial charge is 0.494 e. The fraction of sp³-hybridized carbons (Fsp3) is 0.227. The molecule has 1 aliphatic heterocycles. The van der Waals surface area contributed by atoms with Crippen molar-refractivity contribution in [3.8, 4) is 17.2 Å². The van der Waals surface area contributed by atoms with Crippen molar-refractivity contribution in [1.29, 1.82) is 0 Å². The third kappa shape index (κ3) is 3.50. The summed E-state index contributed by atoms with van der Waals surface area (Å²) in [4.78, 5) is 17.8. The Hall–Kier alpha value is -3.39. The van der Waals surface area contributed by atoms with Crippen molar-refractivity contribution in [1.82, 2.24) is 14.6 Å². The van der Waals surface area contributed by atoms with E-state index >= 15 is 0 Å². The number of thiazole rings is 1. The first-order chi connectivity index (χ1) is 14.7. The third-order valence-corrected chi connectivity index (χ3v) is 5.60. The van der Waals surface area contributed by atoms with E-state index in [2.05, 4.69) is 17.0 Å². The van der Waals surface area contributed by atoms with Gasteiger partial charge in [-0.25, -0.2) is 0 Å². The molecule has 0 aliphatic carbocycles. The molecule has 2 aromatic heterocycles. The molecular weight excluding hydrogens is 402 g/mol. The van der Waals surface area contributed by atoms with Gasteiger partial charge < -0.3 is 14.2 Å². The number of hydrogen-bond acceptors (Lipinski definition) is 7. The van der Waals surface area contributed by atoms with E-state index in [1.165, 1.54) is 15.9 Å². The highest BCUT2D eigenvalue weighted by atomic mass is 32.1. The van der Waals surface area contributed by atoms with Crippen LogP contribution in [0.25, 0.3) is 11.0 Å². The van der Waals surface area contributed by atoms with Crippen molar-refractivity contribution >= 4 is 22.4 Å². The highest BCUT2D eigenvalue weighted by Gasteiger charge is 2.27. The summed E-state index contributed by atoms with van der Waals surface area (Å²) in [6.45, 7) is 3.05. The number of aromatic nitrogens is 3. The molecule has 0 saturated heterocycles. The Morgan fingerprint density at radius 3 is 2.77 bits per heavy atom. The summed E-state index contributed by atoms with van der Waals surface area (Å²) in [5, 5.41) is 4.38. The van der Waals surface area contributed by atoms with Crippen molar-refractivity contribution in [2.24, 2.45) is 0 Å². The zero-order valence-electron chi connectivity index (χ0n) is 16.3. The molecule has 8 heteroatoms. The van der Waals surface area contributed by atoms with E-state index in [1.54, 1.807) is 0 Å². The molecule has 3 heterocycles. The number of rotatable bonds is 5. The van der Waals surface area contributed by atoms with Gasteiger partial charge in [-0.2, -0.15) is 9.50 Å². The number of para-hydroxylation sites is 2. The highest BCUT2D eigenvalue weighted by Crippen LogP contribution is 2.35. The molecule has 0 fully saturated rings. The monoisotopic (exact) mass is 421 g/mol. The molecule has 0 N–H and O–H groups in total. The standard InChI is InChI=1S/C22H19N3O4S/c1-2-11-27-15-9-7-14(8-10-15)12-19-21(26)25-22(30-19)23-20(24-25)18-13-28-16-5-3-4-6-17(16)29-18/h3-10,12,18H,2,11,13H2,1H3/b19-12-/t18-/m1/s1. The first-order valence-electron chi connectivity index (χ1n) is 9.74. The Bertz CT molecular complexity index is 1300. The summed E-state index contributed by atoms with van der Waals surface area (Å²) >= 11 is 1.30. The Balaban J connectivity index is 1.40. The molecular formula is C22H19N3O4S. The van der Waals surface area contributed by atoms with E-state index < -0.39 is 6.10 Å². The van der Waals surface area contributed by atoms with Crippen LogP contribution >= 0.6 is 11.3 Å². The van der Waals surface area contributed by atoms with Crippen molar-refractivity contribution in [2.75, 3.05) is 13.2 Å². The number of nitrogens with zero attached hydrogens (tertiary/aromatic N) is 3. The number of ether oxygens (including phenoxy) is 3. The smallest absolute Gasteiger partial charge is 0.291 e. The van der Waals surface area contributed by atoms with Gasteiger partial charge >= 0.3 is 0 Å². The number of fused-ring (bicyclic) bond motifs is 2. The lowest BCUT2D eigenvalue weighted by Crippen LogP contribution is -2.26. The maximum absolute atomic E-state index is 12.8. The molecule has 1 aliphatic rings. The van der Waals surface area contributed by atoms with Crippen LogP contribution in [0.15, 0.2) is 53.3 Å². The normalized spacial score (nSPS) is 16.2. The fourth-order valence-electron chi connectivity index (χ4n) is 3.16. The van der Waals surface area contributed by atoms with Crippen LogP contribution in [0.4, 0.5) is 0 Å². The van der Waals surface area contributed by atoms with Crippen molar-refractivity contribution in [3.05, 3.63) is 74.8 Å². The summed E-state index contributed by atoms with van der Waals surface area (Å²) < 4.78 is 19.2. The van der Waals surface area contributed by atoms with Gasteiger partial charge in [-0.3, -0.25) is 4.79 Å². The van der Waals surface area contributed by atoms with Crippen molar-refractivity contribution in [3.63, 3.8) is 0 Å². The second-order valence-corrected chi connectivity index (χ2v) is 7.87. The van der Waals surface area contributed by atoms with Crippen molar-refractivity contribution in [2.45, 2.75) is 19.4 Å². The average molecular weight is 421 g/mol. The minimum atomic E-state index is -0.450. The van der Waals surface area contributed by atoms with E-state index in [-0.39, 0.29) is 5.56 Å². The summed E-state index contributed by atoms with van der Waals surface area (Å²) in [7, 11) is 0.